The highest BCUT2D eigenvalue weighted by atomic mass is 15.2. The molecule has 0 spiro atoms. The molecule has 12 heavy (non-hydrogen) atoms. The first-order valence-electron chi connectivity index (χ1n) is 4.93. The van der Waals surface area contributed by atoms with Crippen LogP contribution in [0, 0.1) is 0 Å². The van der Waals surface area contributed by atoms with Crippen LogP contribution in [0.5, 0.6) is 0 Å². The smallest absolute Gasteiger partial charge is 0.0218 e. The van der Waals surface area contributed by atoms with E-state index in [4.69, 9.17) is 5.73 Å². The molecule has 1 aliphatic heterocycles. The average Bonchev–Trinajstić information content (AvgIpc) is 2.15. The van der Waals surface area contributed by atoms with Crippen LogP contribution in [0.3, 0.4) is 0 Å². The lowest BCUT2D eigenvalue weighted by Crippen LogP contribution is -2.44. The first-order valence-corrected chi connectivity index (χ1v) is 4.93. The van der Waals surface area contributed by atoms with Crippen molar-refractivity contribution in [2.45, 2.75) is 31.7 Å². The molecule has 2 N–H and O–H groups in total. The van der Waals surface area contributed by atoms with Crippen molar-refractivity contribution in [2.75, 3.05) is 19.6 Å². The predicted molar refractivity (Wildman–Crippen MR) is 53.1 cm³/mol. The van der Waals surface area contributed by atoms with Crippen LogP contribution >= 0.6 is 0 Å². The zero-order valence-corrected chi connectivity index (χ0v) is 7.84. The molecule has 0 bridgehead atoms. The van der Waals surface area contributed by atoms with Crippen molar-refractivity contribution < 1.29 is 0 Å². The SMILES string of the molecule is C=CCCN1CCCCC1CN. The van der Waals surface area contributed by atoms with Crippen LogP contribution in [0.25, 0.3) is 0 Å². The Labute approximate surface area is 75.4 Å². The number of hydrogen-bond acceptors (Lipinski definition) is 2. The van der Waals surface area contributed by atoms with E-state index in [1.54, 1.807) is 0 Å². The molecule has 2 heteroatoms. The standard InChI is InChI=1S/C10H20N2/c1-2-3-7-12-8-5-4-6-10(12)9-11/h2,10H,1,3-9,11H2. The van der Waals surface area contributed by atoms with Gasteiger partial charge in [0.05, 0.1) is 0 Å². The molecule has 1 rings (SSSR count). The quantitative estimate of drug-likeness (QED) is 0.642. The van der Waals surface area contributed by atoms with Gasteiger partial charge in [-0.05, 0) is 25.8 Å². The van der Waals surface area contributed by atoms with Crippen LogP contribution in [-0.2, 0) is 0 Å². The number of nitrogens with two attached hydrogens (primary N) is 1. The summed E-state index contributed by atoms with van der Waals surface area (Å²) in [7, 11) is 0. The highest BCUT2D eigenvalue weighted by Crippen LogP contribution is 2.15. The molecule has 1 atom stereocenters. The van der Waals surface area contributed by atoms with Gasteiger partial charge in [-0.1, -0.05) is 12.5 Å². The van der Waals surface area contributed by atoms with Crippen molar-refractivity contribution in [2.24, 2.45) is 5.73 Å². The van der Waals surface area contributed by atoms with Gasteiger partial charge >= 0.3 is 0 Å². The number of nitrogens with zero attached hydrogens (tertiary/aromatic N) is 1. The molecule has 1 unspecified atom stereocenters. The minimum Gasteiger partial charge on any atom is -0.329 e. The van der Waals surface area contributed by atoms with E-state index in [0.29, 0.717) is 6.04 Å². The summed E-state index contributed by atoms with van der Waals surface area (Å²) in [6.07, 6.45) is 7.06. The van der Waals surface area contributed by atoms with Crippen LogP contribution in [0.1, 0.15) is 25.7 Å². The zero-order chi connectivity index (χ0) is 8.81. The van der Waals surface area contributed by atoms with Gasteiger partial charge < -0.3 is 5.73 Å². The van der Waals surface area contributed by atoms with Gasteiger partial charge in [0.2, 0.25) is 0 Å². The van der Waals surface area contributed by atoms with Gasteiger partial charge in [-0.25, -0.2) is 0 Å². The molecular formula is C10H20N2. The maximum Gasteiger partial charge on any atom is 0.0218 e. The van der Waals surface area contributed by atoms with Crippen LogP contribution in [0.2, 0.25) is 0 Å². The fourth-order valence-corrected chi connectivity index (χ4v) is 1.88. The van der Waals surface area contributed by atoms with E-state index in [1.165, 1.54) is 25.8 Å². The number of piperidine rings is 1. The second-order valence-electron chi connectivity index (χ2n) is 3.50. The third kappa shape index (κ3) is 2.61. The summed E-state index contributed by atoms with van der Waals surface area (Å²) in [5, 5.41) is 0. The van der Waals surface area contributed by atoms with Gasteiger partial charge in [0.15, 0.2) is 0 Å². The fourth-order valence-electron chi connectivity index (χ4n) is 1.88. The summed E-state index contributed by atoms with van der Waals surface area (Å²) in [5.41, 5.74) is 5.70. The minimum atomic E-state index is 0.638. The van der Waals surface area contributed by atoms with E-state index in [9.17, 15) is 0 Å². The lowest BCUT2D eigenvalue weighted by atomic mass is 10.0. The summed E-state index contributed by atoms with van der Waals surface area (Å²) in [6, 6.07) is 0.638. The Hall–Kier alpha value is -0.340. The number of rotatable bonds is 4. The molecule has 0 aromatic rings. The molecule has 1 aliphatic rings. The first kappa shape index (κ1) is 9.75. The lowest BCUT2D eigenvalue weighted by molar-refractivity contribution is 0.156. The second kappa shape index (κ2) is 5.33. The summed E-state index contributed by atoms with van der Waals surface area (Å²) in [4.78, 5) is 2.51. The highest BCUT2D eigenvalue weighted by Gasteiger charge is 2.19. The third-order valence-corrected chi connectivity index (χ3v) is 2.64. The molecule has 0 radical (unpaired) electrons. The monoisotopic (exact) mass is 168 g/mol. The molecule has 0 aromatic carbocycles. The first-order chi connectivity index (χ1) is 5.88. The van der Waals surface area contributed by atoms with E-state index >= 15 is 0 Å². The minimum absolute atomic E-state index is 0.638. The third-order valence-electron chi connectivity index (χ3n) is 2.64. The normalized spacial score (nSPS) is 25.6. The molecule has 1 heterocycles. The second-order valence-corrected chi connectivity index (χ2v) is 3.50. The van der Waals surface area contributed by atoms with Crippen LogP contribution in [0.4, 0.5) is 0 Å². The van der Waals surface area contributed by atoms with Crippen LogP contribution < -0.4 is 5.73 Å². The molecule has 0 saturated carbocycles. The molecular weight excluding hydrogens is 148 g/mol. The van der Waals surface area contributed by atoms with Gasteiger partial charge in [-0.3, -0.25) is 4.90 Å². The number of hydrogen-bond donors (Lipinski definition) is 1. The summed E-state index contributed by atoms with van der Waals surface area (Å²) < 4.78 is 0. The van der Waals surface area contributed by atoms with Crippen molar-refractivity contribution in [1.82, 2.24) is 4.90 Å². The Morgan fingerprint density at radius 1 is 1.50 bits per heavy atom. The van der Waals surface area contributed by atoms with Gasteiger partial charge in [-0.2, -0.15) is 0 Å². The van der Waals surface area contributed by atoms with Gasteiger partial charge in [-0.15, -0.1) is 6.58 Å². The Bertz CT molecular complexity index is 134. The highest BCUT2D eigenvalue weighted by molar-refractivity contribution is 4.79. The molecule has 0 aliphatic carbocycles. The van der Waals surface area contributed by atoms with Crippen molar-refractivity contribution in [3.8, 4) is 0 Å². The van der Waals surface area contributed by atoms with Gasteiger partial charge in [0, 0.05) is 19.1 Å². The van der Waals surface area contributed by atoms with E-state index < -0.39 is 0 Å². The van der Waals surface area contributed by atoms with Crippen molar-refractivity contribution in [3.05, 3.63) is 12.7 Å². The maximum atomic E-state index is 5.70. The summed E-state index contributed by atoms with van der Waals surface area (Å²) >= 11 is 0. The van der Waals surface area contributed by atoms with E-state index in [1.807, 2.05) is 6.08 Å². The van der Waals surface area contributed by atoms with E-state index in [2.05, 4.69) is 11.5 Å². The largest absolute Gasteiger partial charge is 0.329 e. The van der Waals surface area contributed by atoms with E-state index in [0.717, 1.165) is 19.5 Å². The molecule has 0 amide bonds. The van der Waals surface area contributed by atoms with Crippen molar-refractivity contribution >= 4 is 0 Å². The Morgan fingerprint density at radius 3 is 3.00 bits per heavy atom. The molecule has 2 nitrogen and oxygen atoms in total. The summed E-state index contributed by atoms with van der Waals surface area (Å²) in [6.45, 7) is 6.93. The Kier molecular flexibility index (Phi) is 4.33. The maximum absolute atomic E-state index is 5.70. The van der Waals surface area contributed by atoms with Crippen molar-refractivity contribution in [1.29, 1.82) is 0 Å². The predicted octanol–water partition coefficient (Wildman–Crippen LogP) is 1.38. The van der Waals surface area contributed by atoms with E-state index in [-0.39, 0.29) is 0 Å². The summed E-state index contributed by atoms with van der Waals surface area (Å²) in [5.74, 6) is 0. The average molecular weight is 168 g/mol. The number of likely N-dealkylation sites (tertiary alicyclic amines) is 1. The van der Waals surface area contributed by atoms with Crippen LogP contribution in [0.15, 0.2) is 12.7 Å². The zero-order valence-electron chi connectivity index (χ0n) is 7.84. The van der Waals surface area contributed by atoms with Crippen molar-refractivity contribution in [3.63, 3.8) is 0 Å². The van der Waals surface area contributed by atoms with Gasteiger partial charge in [0.1, 0.15) is 0 Å². The van der Waals surface area contributed by atoms with Gasteiger partial charge in [0.25, 0.3) is 0 Å². The van der Waals surface area contributed by atoms with Crippen LogP contribution in [-0.4, -0.2) is 30.6 Å². The Balaban J connectivity index is 2.30. The molecule has 70 valence electrons. The molecule has 1 saturated heterocycles. The Morgan fingerprint density at radius 2 is 2.33 bits per heavy atom. The molecule has 0 aromatic heterocycles. The molecule has 1 fully saturated rings. The lowest BCUT2D eigenvalue weighted by Gasteiger charge is -2.34. The fraction of sp³-hybridized carbons (Fsp3) is 0.800. The topological polar surface area (TPSA) is 29.3 Å².